The van der Waals surface area contributed by atoms with Crippen LogP contribution in [0.5, 0.6) is 0 Å². The molecule has 1 N–H and O–H groups in total. The maximum absolute atomic E-state index is 12.1. The van der Waals surface area contributed by atoms with Crippen LogP contribution in [0.15, 0.2) is 22.5 Å². The first-order chi connectivity index (χ1) is 11.5. The van der Waals surface area contributed by atoms with Gasteiger partial charge in [-0.2, -0.15) is 5.26 Å². The van der Waals surface area contributed by atoms with E-state index in [1.165, 1.54) is 35.2 Å². The number of aromatic nitrogens is 1. The minimum Gasteiger partial charge on any atom is -0.337 e. The molecule has 1 aromatic heterocycles. The summed E-state index contributed by atoms with van der Waals surface area (Å²) in [5, 5.41) is 22.9. The number of nitro groups is 1. The second-order valence-electron chi connectivity index (χ2n) is 5.63. The topological polar surface area (TPSA) is 109 Å². The molecular weight excluding hydrogens is 348 g/mol. The maximum Gasteiger partial charge on any atom is 0.270 e. The summed E-state index contributed by atoms with van der Waals surface area (Å²) in [7, 11) is 0. The van der Waals surface area contributed by atoms with Gasteiger partial charge < -0.3 is 5.32 Å². The minimum atomic E-state index is -0.716. The van der Waals surface area contributed by atoms with Gasteiger partial charge >= 0.3 is 0 Å². The molecule has 0 atom stereocenters. The monoisotopic (exact) mass is 362 g/mol. The number of carbonyl (C=O) groups excluding carboxylic acids is 1. The van der Waals surface area contributed by atoms with Gasteiger partial charge in [-0.1, -0.05) is 11.8 Å². The van der Waals surface area contributed by atoms with Crippen molar-refractivity contribution in [3.05, 3.63) is 28.3 Å². The number of benzene rings is 1. The van der Waals surface area contributed by atoms with Crippen LogP contribution < -0.4 is 5.32 Å². The average Bonchev–Trinajstić information content (AvgIpc) is 3.18. The zero-order valence-corrected chi connectivity index (χ0v) is 14.3. The first-order valence-corrected chi connectivity index (χ1v) is 9.22. The number of thioether (sulfide) groups is 1. The number of rotatable bonds is 5. The van der Waals surface area contributed by atoms with Gasteiger partial charge in [-0.25, -0.2) is 4.98 Å². The fourth-order valence-corrected chi connectivity index (χ4v) is 4.64. The Bertz CT molecular complexity index is 837. The van der Waals surface area contributed by atoms with Crippen LogP contribution in [0.4, 0.5) is 5.69 Å². The van der Waals surface area contributed by atoms with Crippen molar-refractivity contribution in [1.29, 1.82) is 5.26 Å². The predicted octanol–water partition coefficient (Wildman–Crippen LogP) is 3.25. The molecule has 124 valence electrons. The number of hydrogen-bond acceptors (Lipinski definition) is 7. The smallest absolute Gasteiger partial charge is 0.270 e. The Morgan fingerprint density at radius 3 is 2.92 bits per heavy atom. The highest BCUT2D eigenvalue weighted by Gasteiger charge is 2.35. The molecule has 9 heteroatoms. The summed E-state index contributed by atoms with van der Waals surface area (Å²) in [5.41, 5.74) is -0.0123. The van der Waals surface area contributed by atoms with E-state index in [1.807, 2.05) is 0 Å². The number of hydrogen-bond donors (Lipinski definition) is 1. The van der Waals surface area contributed by atoms with Crippen LogP contribution in [0.3, 0.4) is 0 Å². The van der Waals surface area contributed by atoms with Gasteiger partial charge in [0, 0.05) is 12.1 Å². The molecule has 1 heterocycles. The lowest BCUT2D eigenvalue weighted by atomic mass is 10.0. The molecule has 7 nitrogen and oxygen atoms in total. The van der Waals surface area contributed by atoms with Crippen molar-refractivity contribution in [3.63, 3.8) is 0 Å². The highest BCUT2D eigenvalue weighted by atomic mass is 32.2. The lowest BCUT2D eigenvalue weighted by molar-refractivity contribution is -0.384. The molecule has 24 heavy (non-hydrogen) atoms. The number of nitrogens with zero attached hydrogens (tertiary/aromatic N) is 3. The highest BCUT2D eigenvalue weighted by Crippen LogP contribution is 2.32. The van der Waals surface area contributed by atoms with E-state index in [0.29, 0.717) is 22.7 Å². The Balaban J connectivity index is 1.64. The Morgan fingerprint density at radius 2 is 2.25 bits per heavy atom. The second kappa shape index (κ2) is 6.75. The number of nitro benzene ring substituents is 1. The summed E-state index contributed by atoms with van der Waals surface area (Å²) < 4.78 is 1.40. The zero-order valence-electron chi connectivity index (χ0n) is 12.7. The Kier molecular flexibility index (Phi) is 4.69. The third-order valence-electron chi connectivity index (χ3n) is 3.94. The SMILES string of the molecule is N#CC1(NC(=O)CSc2nc3ccc([N+](=O)[O-])cc3s2)CCCC1. The molecule has 1 aliphatic carbocycles. The van der Waals surface area contributed by atoms with Crippen LogP contribution in [0.25, 0.3) is 10.2 Å². The third-order valence-corrected chi connectivity index (χ3v) is 6.10. The van der Waals surface area contributed by atoms with E-state index in [9.17, 15) is 20.2 Å². The number of thiazole rings is 1. The largest absolute Gasteiger partial charge is 0.337 e. The van der Waals surface area contributed by atoms with E-state index >= 15 is 0 Å². The van der Waals surface area contributed by atoms with Crippen LogP contribution in [-0.2, 0) is 4.79 Å². The lowest BCUT2D eigenvalue weighted by Gasteiger charge is -2.21. The molecule has 2 aromatic rings. The summed E-state index contributed by atoms with van der Waals surface area (Å²) in [5.74, 6) is -0.0144. The van der Waals surface area contributed by atoms with Gasteiger partial charge in [-0.15, -0.1) is 11.3 Å². The van der Waals surface area contributed by atoms with Crippen molar-refractivity contribution in [2.45, 2.75) is 35.6 Å². The average molecular weight is 362 g/mol. The van der Waals surface area contributed by atoms with Crippen molar-refractivity contribution in [1.82, 2.24) is 10.3 Å². The van der Waals surface area contributed by atoms with E-state index < -0.39 is 10.5 Å². The summed E-state index contributed by atoms with van der Waals surface area (Å²) in [6.45, 7) is 0. The molecule has 0 spiro atoms. The molecule has 0 aliphatic heterocycles. The van der Waals surface area contributed by atoms with E-state index in [-0.39, 0.29) is 17.3 Å². The maximum atomic E-state index is 12.1. The number of carbonyl (C=O) groups is 1. The predicted molar refractivity (Wildman–Crippen MR) is 92.0 cm³/mol. The zero-order chi connectivity index (χ0) is 17.2. The van der Waals surface area contributed by atoms with Crippen molar-refractivity contribution in [3.8, 4) is 6.07 Å². The molecule has 1 aliphatic rings. The van der Waals surface area contributed by atoms with Gasteiger partial charge in [0.2, 0.25) is 5.91 Å². The van der Waals surface area contributed by atoms with Crippen LogP contribution in [0.2, 0.25) is 0 Å². The van der Waals surface area contributed by atoms with Crippen molar-refractivity contribution >= 4 is 44.9 Å². The summed E-state index contributed by atoms with van der Waals surface area (Å²) in [6, 6.07) is 6.74. The van der Waals surface area contributed by atoms with Gasteiger partial charge in [0.1, 0.15) is 5.54 Å². The van der Waals surface area contributed by atoms with E-state index in [4.69, 9.17) is 0 Å². The van der Waals surface area contributed by atoms with Crippen molar-refractivity contribution in [2.24, 2.45) is 0 Å². The van der Waals surface area contributed by atoms with Crippen LogP contribution in [-0.4, -0.2) is 27.1 Å². The minimum absolute atomic E-state index is 0.0256. The molecule has 1 amide bonds. The van der Waals surface area contributed by atoms with Crippen molar-refractivity contribution in [2.75, 3.05) is 5.75 Å². The standard InChI is InChI=1S/C15H14N4O3S2/c16-9-15(5-1-2-6-15)18-13(20)8-23-14-17-11-4-3-10(19(21)22)7-12(11)24-14/h3-4,7H,1-2,5-6,8H2,(H,18,20). The quantitative estimate of drug-likeness (QED) is 0.497. The first-order valence-electron chi connectivity index (χ1n) is 7.41. The lowest BCUT2D eigenvalue weighted by Crippen LogP contribution is -2.45. The molecule has 1 fully saturated rings. The molecule has 0 saturated heterocycles. The number of amides is 1. The summed E-state index contributed by atoms with van der Waals surface area (Å²) in [4.78, 5) is 26.8. The van der Waals surface area contributed by atoms with E-state index in [0.717, 1.165) is 17.5 Å². The van der Waals surface area contributed by atoms with E-state index in [1.54, 1.807) is 6.07 Å². The fourth-order valence-electron chi connectivity index (χ4n) is 2.74. The number of non-ortho nitro benzene ring substituents is 1. The fraction of sp³-hybridized carbons (Fsp3) is 0.400. The van der Waals surface area contributed by atoms with Gasteiger partial charge in [0.15, 0.2) is 4.34 Å². The molecule has 3 rings (SSSR count). The Morgan fingerprint density at radius 1 is 1.50 bits per heavy atom. The summed E-state index contributed by atoms with van der Waals surface area (Å²) >= 11 is 2.60. The van der Waals surface area contributed by atoms with Crippen molar-refractivity contribution < 1.29 is 9.72 Å². The van der Waals surface area contributed by atoms with Crippen LogP contribution >= 0.6 is 23.1 Å². The van der Waals surface area contributed by atoms with Crippen LogP contribution in [0.1, 0.15) is 25.7 Å². The molecule has 1 saturated carbocycles. The summed E-state index contributed by atoms with van der Waals surface area (Å²) in [6.07, 6.45) is 3.31. The van der Waals surface area contributed by atoms with Gasteiger partial charge in [-0.05, 0) is 31.7 Å². The van der Waals surface area contributed by atoms with Gasteiger partial charge in [0.05, 0.1) is 27.0 Å². The third kappa shape index (κ3) is 3.49. The normalized spacial score (nSPS) is 16.0. The molecule has 0 bridgehead atoms. The van der Waals surface area contributed by atoms with E-state index in [2.05, 4.69) is 16.4 Å². The first kappa shape index (κ1) is 16.7. The molecular formula is C15H14N4O3S2. The number of fused-ring (bicyclic) bond motifs is 1. The second-order valence-corrected chi connectivity index (χ2v) is 7.88. The Labute approximate surface area is 146 Å². The molecule has 0 unspecified atom stereocenters. The number of nitriles is 1. The Hall–Kier alpha value is -2.18. The number of nitrogens with one attached hydrogen (secondary N) is 1. The van der Waals surface area contributed by atoms with Gasteiger partial charge in [0.25, 0.3) is 5.69 Å². The molecule has 0 radical (unpaired) electrons. The van der Waals surface area contributed by atoms with Crippen LogP contribution in [0, 0.1) is 21.4 Å². The van der Waals surface area contributed by atoms with Gasteiger partial charge in [-0.3, -0.25) is 14.9 Å². The highest BCUT2D eigenvalue weighted by molar-refractivity contribution is 8.01. The molecule has 1 aromatic carbocycles.